The number of nitrogens with one attached hydrogen (secondary N) is 2. The molecule has 1 unspecified atom stereocenters. The minimum absolute atomic E-state index is 0.144. The van der Waals surface area contributed by atoms with Crippen LogP contribution >= 0.6 is 0 Å². The van der Waals surface area contributed by atoms with Crippen molar-refractivity contribution in [1.29, 1.82) is 0 Å². The van der Waals surface area contributed by atoms with Crippen LogP contribution in [0.3, 0.4) is 0 Å². The predicted octanol–water partition coefficient (Wildman–Crippen LogP) is 5.41. The molecule has 1 aromatic heterocycles. The van der Waals surface area contributed by atoms with E-state index in [-0.39, 0.29) is 24.0 Å². The van der Waals surface area contributed by atoms with Crippen molar-refractivity contribution in [3.8, 4) is 5.69 Å². The molecule has 1 aliphatic rings. The van der Waals surface area contributed by atoms with Gasteiger partial charge in [-0.1, -0.05) is 30.3 Å². The number of nitrogens with zero attached hydrogens (tertiary/aromatic N) is 2. The van der Waals surface area contributed by atoms with E-state index in [9.17, 15) is 22.4 Å². The number of hydrogen-bond donors (Lipinski definition) is 4. The zero-order valence-corrected chi connectivity index (χ0v) is 21.4. The minimum atomic E-state index is -4.80. The van der Waals surface area contributed by atoms with E-state index in [2.05, 4.69) is 15.7 Å². The van der Waals surface area contributed by atoms with E-state index in [4.69, 9.17) is 11.5 Å². The lowest BCUT2D eigenvalue weighted by Gasteiger charge is -2.21. The summed E-state index contributed by atoms with van der Waals surface area (Å²) in [7, 11) is 0. The van der Waals surface area contributed by atoms with Gasteiger partial charge in [-0.05, 0) is 78.4 Å². The molecule has 208 valence electrons. The Morgan fingerprint density at radius 1 is 1.02 bits per heavy atom. The summed E-state index contributed by atoms with van der Waals surface area (Å²) in [6, 6.07) is 18.2. The maximum atomic E-state index is 14.9. The Labute approximate surface area is 228 Å². The van der Waals surface area contributed by atoms with Crippen molar-refractivity contribution in [3.05, 3.63) is 107 Å². The molecular formula is C29H28F4N6O. The van der Waals surface area contributed by atoms with E-state index in [1.165, 1.54) is 24.3 Å². The van der Waals surface area contributed by atoms with Gasteiger partial charge in [0.25, 0.3) is 5.91 Å². The summed E-state index contributed by atoms with van der Waals surface area (Å²) in [5.41, 5.74) is 12.7. The fourth-order valence-electron chi connectivity index (χ4n) is 4.42. The van der Waals surface area contributed by atoms with Gasteiger partial charge in [-0.15, -0.1) is 0 Å². The Morgan fingerprint density at radius 2 is 1.75 bits per heavy atom. The third-order valence-electron chi connectivity index (χ3n) is 6.77. The average molecular weight is 553 g/mol. The maximum Gasteiger partial charge on any atom is 0.435 e. The highest BCUT2D eigenvalue weighted by molar-refractivity contribution is 6.03. The smallest absolute Gasteiger partial charge is 0.399 e. The number of amides is 1. The molecule has 1 aliphatic carbocycles. The molecule has 1 fully saturated rings. The molecule has 0 bridgehead atoms. The van der Waals surface area contributed by atoms with Crippen molar-refractivity contribution in [2.24, 2.45) is 11.7 Å². The molecule has 0 saturated heterocycles. The van der Waals surface area contributed by atoms with Crippen molar-refractivity contribution >= 4 is 17.3 Å². The second-order valence-corrected chi connectivity index (χ2v) is 9.84. The van der Waals surface area contributed by atoms with Gasteiger partial charge in [-0.3, -0.25) is 4.79 Å². The molecule has 11 heteroatoms. The summed E-state index contributed by atoms with van der Waals surface area (Å²) >= 11 is 0. The van der Waals surface area contributed by atoms with E-state index in [0.29, 0.717) is 28.8 Å². The fourth-order valence-corrected chi connectivity index (χ4v) is 4.42. The number of halogens is 4. The largest absolute Gasteiger partial charge is 0.435 e. The van der Waals surface area contributed by atoms with Crippen LogP contribution in [-0.2, 0) is 12.7 Å². The first-order chi connectivity index (χ1) is 19.1. The molecule has 7 nitrogen and oxygen atoms in total. The first-order valence-corrected chi connectivity index (χ1v) is 12.8. The Morgan fingerprint density at radius 3 is 2.42 bits per heavy atom. The topological polar surface area (TPSA) is 111 Å². The van der Waals surface area contributed by atoms with Crippen LogP contribution in [0, 0.1) is 11.7 Å². The van der Waals surface area contributed by atoms with E-state index in [0.717, 1.165) is 29.6 Å². The summed E-state index contributed by atoms with van der Waals surface area (Å²) in [5.74, 6) is -1.12. The van der Waals surface area contributed by atoms with Gasteiger partial charge in [0.2, 0.25) is 0 Å². The number of anilines is 2. The maximum absolute atomic E-state index is 14.9. The zero-order valence-electron chi connectivity index (χ0n) is 21.4. The number of benzene rings is 3. The fraction of sp³-hybridized carbons (Fsp3) is 0.241. The molecule has 3 aromatic carbocycles. The van der Waals surface area contributed by atoms with Gasteiger partial charge in [-0.2, -0.15) is 18.3 Å². The molecule has 40 heavy (non-hydrogen) atoms. The molecule has 1 amide bonds. The number of hydrogen-bond acceptors (Lipinski definition) is 5. The predicted molar refractivity (Wildman–Crippen MR) is 144 cm³/mol. The Hall–Kier alpha value is -4.22. The van der Waals surface area contributed by atoms with Crippen LogP contribution in [0.4, 0.5) is 28.9 Å². The highest BCUT2D eigenvalue weighted by Crippen LogP contribution is 2.33. The molecule has 0 spiro atoms. The van der Waals surface area contributed by atoms with Crippen molar-refractivity contribution in [2.45, 2.75) is 31.6 Å². The van der Waals surface area contributed by atoms with Crippen molar-refractivity contribution in [3.63, 3.8) is 0 Å². The summed E-state index contributed by atoms with van der Waals surface area (Å²) in [6.45, 7) is 0.903. The number of rotatable bonds is 9. The third kappa shape index (κ3) is 6.16. The number of alkyl halides is 3. The van der Waals surface area contributed by atoms with Crippen LogP contribution in [0.2, 0.25) is 0 Å². The van der Waals surface area contributed by atoms with Crippen LogP contribution in [0.5, 0.6) is 0 Å². The van der Waals surface area contributed by atoms with E-state index in [1.807, 2.05) is 12.1 Å². The number of carbonyl (C=O) groups is 1. The number of carbonyl (C=O) groups excluding carboxylic acids is 1. The van der Waals surface area contributed by atoms with Gasteiger partial charge in [-0.25, -0.2) is 9.07 Å². The van der Waals surface area contributed by atoms with Crippen molar-refractivity contribution in [2.75, 3.05) is 17.6 Å². The highest BCUT2D eigenvalue weighted by Gasteiger charge is 2.36. The SMILES string of the molecule is NCc1cccc(-n2nc(C(F)(F)F)cc2C(=O)Nc2cc(C(NCC3CC3)c3ccc(N)cc3)ccc2F)c1. The molecule has 5 rings (SSSR count). The second kappa shape index (κ2) is 11.1. The molecule has 0 aliphatic heterocycles. The van der Waals surface area contributed by atoms with E-state index in [1.54, 1.807) is 30.3 Å². The number of nitrogen functional groups attached to an aromatic ring is 1. The van der Waals surface area contributed by atoms with Crippen molar-refractivity contribution < 1.29 is 22.4 Å². The molecule has 0 radical (unpaired) electrons. The lowest BCUT2D eigenvalue weighted by molar-refractivity contribution is -0.141. The summed E-state index contributed by atoms with van der Waals surface area (Å²) in [5, 5.41) is 9.58. The van der Waals surface area contributed by atoms with Gasteiger partial charge in [0.15, 0.2) is 5.69 Å². The minimum Gasteiger partial charge on any atom is -0.399 e. The van der Waals surface area contributed by atoms with Crippen LogP contribution < -0.4 is 22.1 Å². The third-order valence-corrected chi connectivity index (χ3v) is 6.77. The molecule has 1 saturated carbocycles. The summed E-state index contributed by atoms with van der Waals surface area (Å²) in [4.78, 5) is 13.3. The first kappa shape index (κ1) is 27.4. The Bertz CT molecular complexity index is 1510. The van der Waals surface area contributed by atoms with Crippen LogP contribution in [0.15, 0.2) is 72.8 Å². The van der Waals surface area contributed by atoms with E-state index < -0.39 is 29.3 Å². The van der Waals surface area contributed by atoms with Crippen molar-refractivity contribution in [1.82, 2.24) is 15.1 Å². The zero-order chi connectivity index (χ0) is 28.4. The normalized spacial score (nSPS) is 14.2. The van der Waals surface area contributed by atoms with Gasteiger partial charge < -0.3 is 22.1 Å². The van der Waals surface area contributed by atoms with Crippen LogP contribution in [0.1, 0.15) is 51.8 Å². The lowest BCUT2D eigenvalue weighted by Crippen LogP contribution is -2.25. The lowest BCUT2D eigenvalue weighted by atomic mass is 9.97. The molecular weight excluding hydrogens is 524 g/mol. The van der Waals surface area contributed by atoms with Crippen LogP contribution in [-0.4, -0.2) is 22.2 Å². The Kier molecular flexibility index (Phi) is 7.59. The molecule has 1 heterocycles. The molecule has 6 N–H and O–H groups in total. The second-order valence-electron chi connectivity index (χ2n) is 9.84. The standard InChI is InChI=1S/C29H28F4N6O/c30-23-11-8-20(27(36-16-17-4-5-17)19-6-9-21(35)10-7-19)13-24(23)37-28(40)25-14-26(29(31,32)33)38-39(25)22-3-1-2-18(12-22)15-34/h1-3,6-14,17,27,36H,4-5,15-16,34-35H2,(H,37,40). The van der Waals surface area contributed by atoms with Gasteiger partial charge in [0, 0.05) is 18.3 Å². The number of aromatic nitrogens is 2. The highest BCUT2D eigenvalue weighted by atomic mass is 19.4. The monoisotopic (exact) mass is 552 g/mol. The van der Waals surface area contributed by atoms with Gasteiger partial charge in [0.05, 0.1) is 17.4 Å². The van der Waals surface area contributed by atoms with Gasteiger partial charge in [0.1, 0.15) is 11.5 Å². The Balaban J connectivity index is 1.48. The number of nitrogens with two attached hydrogens (primary N) is 2. The van der Waals surface area contributed by atoms with Gasteiger partial charge >= 0.3 is 6.18 Å². The average Bonchev–Trinajstić information content (AvgIpc) is 3.64. The molecule has 1 atom stereocenters. The molecule has 4 aromatic rings. The summed E-state index contributed by atoms with van der Waals surface area (Å²) in [6.07, 6.45) is -2.53. The quantitative estimate of drug-likeness (QED) is 0.164. The van der Waals surface area contributed by atoms with Crippen LogP contribution in [0.25, 0.3) is 5.69 Å². The first-order valence-electron chi connectivity index (χ1n) is 12.8. The summed E-state index contributed by atoms with van der Waals surface area (Å²) < 4.78 is 56.5. The van der Waals surface area contributed by atoms with E-state index >= 15 is 0 Å².